The Morgan fingerprint density at radius 2 is 1.24 bits per heavy atom. The van der Waals surface area contributed by atoms with Crippen molar-refractivity contribution in [2.24, 2.45) is 0 Å². The lowest BCUT2D eigenvalue weighted by Gasteiger charge is -2.18. The summed E-state index contributed by atoms with van der Waals surface area (Å²) in [4.78, 5) is 0. The molecule has 2 heteroatoms. The minimum absolute atomic E-state index is 1.05. The van der Waals surface area contributed by atoms with Crippen LogP contribution in [0.25, 0.3) is 57.0 Å². The molecule has 0 bridgehead atoms. The smallest absolute Gasteiger partial charge is 0.0541 e. The minimum Gasteiger partial charge on any atom is -0.313 e. The molecule has 0 aliphatic heterocycles. The second kappa shape index (κ2) is 8.49. The third-order valence-corrected chi connectivity index (χ3v) is 8.26. The Morgan fingerprint density at radius 3 is 2.05 bits per heavy atom. The molecular weight excluding hydrogens is 460 g/mol. The largest absolute Gasteiger partial charge is 0.313 e. The molecule has 2 aliphatic rings. The van der Waals surface area contributed by atoms with Gasteiger partial charge in [-0.05, 0) is 85.4 Å². The summed E-state index contributed by atoms with van der Waals surface area (Å²) in [5.74, 6) is 0. The first-order chi connectivity index (χ1) is 18.9. The normalized spacial score (nSPS) is 14.5. The summed E-state index contributed by atoms with van der Waals surface area (Å²) < 4.78 is 4.90. The van der Waals surface area contributed by atoms with Crippen molar-refractivity contribution in [2.75, 3.05) is 0 Å². The third kappa shape index (κ3) is 3.20. The van der Waals surface area contributed by atoms with E-state index in [-0.39, 0.29) is 0 Å². The first-order valence-corrected chi connectivity index (χ1v) is 13.7. The van der Waals surface area contributed by atoms with Crippen LogP contribution in [0.5, 0.6) is 0 Å². The van der Waals surface area contributed by atoms with Crippen molar-refractivity contribution in [2.45, 2.75) is 25.7 Å². The molecule has 0 saturated carbocycles. The van der Waals surface area contributed by atoms with Crippen molar-refractivity contribution < 1.29 is 0 Å². The molecule has 0 amide bonds. The quantitative estimate of drug-likeness (QED) is 0.245. The van der Waals surface area contributed by atoms with Gasteiger partial charge in [-0.25, -0.2) is 0 Å². The van der Waals surface area contributed by atoms with Gasteiger partial charge < -0.3 is 9.13 Å². The SMILES string of the molecule is C1=C(c2ccc3c(c2)c2ccccc2n3-c2ccccc2)CCc2c1c1c(n2-c2ccccc2)=CCCC=1. The molecule has 0 spiro atoms. The third-order valence-electron chi connectivity index (χ3n) is 8.26. The monoisotopic (exact) mass is 488 g/mol. The van der Waals surface area contributed by atoms with Crippen LogP contribution in [-0.2, 0) is 6.42 Å². The summed E-state index contributed by atoms with van der Waals surface area (Å²) in [7, 11) is 0. The fraction of sp³-hybridized carbons (Fsp3) is 0.111. The highest BCUT2D eigenvalue weighted by molar-refractivity contribution is 6.10. The first kappa shape index (κ1) is 21.5. The zero-order valence-corrected chi connectivity index (χ0v) is 21.3. The highest BCUT2D eigenvalue weighted by Gasteiger charge is 2.22. The van der Waals surface area contributed by atoms with E-state index in [2.05, 4.69) is 130 Å². The van der Waals surface area contributed by atoms with Crippen LogP contribution in [-0.4, -0.2) is 9.13 Å². The lowest BCUT2D eigenvalue weighted by Crippen LogP contribution is -2.31. The van der Waals surface area contributed by atoms with Crippen LogP contribution >= 0.6 is 0 Å². The van der Waals surface area contributed by atoms with E-state index in [1.54, 1.807) is 0 Å². The Bertz CT molecular complexity index is 2000. The van der Waals surface area contributed by atoms with Crippen LogP contribution in [0.2, 0.25) is 0 Å². The number of fused-ring (bicyclic) bond motifs is 6. The summed E-state index contributed by atoms with van der Waals surface area (Å²) in [6, 6.07) is 37.4. The molecule has 2 nitrogen and oxygen atoms in total. The van der Waals surface area contributed by atoms with Crippen LogP contribution in [0.4, 0.5) is 0 Å². The van der Waals surface area contributed by atoms with E-state index >= 15 is 0 Å². The Hall–Kier alpha value is -4.56. The molecule has 0 radical (unpaired) electrons. The molecule has 0 atom stereocenters. The van der Waals surface area contributed by atoms with E-state index in [4.69, 9.17) is 0 Å². The lowest BCUT2D eigenvalue weighted by molar-refractivity contribution is 0.864. The van der Waals surface area contributed by atoms with E-state index in [1.807, 2.05) is 0 Å². The molecule has 182 valence electrons. The summed E-state index contributed by atoms with van der Waals surface area (Å²) in [6.07, 6.45) is 11.7. The van der Waals surface area contributed by atoms with Gasteiger partial charge in [0.05, 0.1) is 11.0 Å². The number of allylic oxidation sites excluding steroid dienone is 1. The zero-order valence-electron chi connectivity index (χ0n) is 21.3. The Labute approximate surface area is 222 Å². The first-order valence-electron chi connectivity index (χ1n) is 13.7. The molecule has 0 saturated heterocycles. The second-order valence-corrected chi connectivity index (χ2v) is 10.4. The maximum atomic E-state index is 2.50. The van der Waals surface area contributed by atoms with Gasteiger partial charge in [-0.3, -0.25) is 0 Å². The molecule has 2 aromatic heterocycles. The predicted molar refractivity (Wildman–Crippen MR) is 160 cm³/mol. The molecule has 0 fully saturated rings. The standard InChI is InChI=1S/C36H28N2/c1-3-11-27(12-4-1)37-33-17-9-7-15-29(33)31-23-25(19-21-35(31)37)26-20-22-36-32(24-26)30-16-8-10-18-34(30)38(36)28-13-5-2-6-14-28/h1-7,9,11-19,21,23-24H,8,10,20,22H2. The van der Waals surface area contributed by atoms with Gasteiger partial charge in [0, 0.05) is 44.0 Å². The van der Waals surface area contributed by atoms with Gasteiger partial charge in [-0.2, -0.15) is 0 Å². The van der Waals surface area contributed by atoms with E-state index in [9.17, 15) is 0 Å². The summed E-state index contributed by atoms with van der Waals surface area (Å²) in [6.45, 7) is 0. The van der Waals surface area contributed by atoms with Crippen LogP contribution < -0.4 is 10.6 Å². The fourth-order valence-electron chi connectivity index (χ4n) is 6.58. The predicted octanol–water partition coefficient (Wildman–Crippen LogP) is 7.42. The summed E-state index contributed by atoms with van der Waals surface area (Å²) in [5, 5.41) is 5.40. The maximum absolute atomic E-state index is 2.50. The lowest BCUT2D eigenvalue weighted by atomic mass is 9.90. The van der Waals surface area contributed by atoms with Gasteiger partial charge in [-0.15, -0.1) is 0 Å². The Balaban J connectivity index is 1.33. The van der Waals surface area contributed by atoms with E-state index in [0.717, 1.165) is 25.7 Å². The Morgan fingerprint density at radius 1 is 0.553 bits per heavy atom. The molecule has 2 aliphatic carbocycles. The van der Waals surface area contributed by atoms with Crippen LogP contribution in [0.15, 0.2) is 103 Å². The van der Waals surface area contributed by atoms with Crippen molar-refractivity contribution in [3.63, 3.8) is 0 Å². The van der Waals surface area contributed by atoms with Gasteiger partial charge in [0.1, 0.15) is 0 Å². The molecule has 0 N–H and O–H groups in total. The topological polar surface area (TPSA) is 9.86 Å². The van der Waals surface area contributed by atoms with E-state index < -0.39 is 0 Å². The van der Waals surface area contributed by atoms with Gasteiger partial charge in [-0.1, -0.05) is 72.8 Å². The number of aromatic nitrogens is 2. The molecule has 8 rings (SSSR count). The number of para-hydroxylation sites is 3. The van der Waals surface area contributed by atoms with Crippen molar-refractivity contribution in [3.05, 3.63) is 131 Å². The van der Waals surface area contributed by atoms with Crippen LogP contribution in [0.1, 0.15) is 36.1 Å². The van der Waals surface area contributed by atoms with Crippen LogP contribution in [0.3, 0.4) is 0 Å². The maximum Gasteiger partial charge on any atom is 0.0541 e. The van der Waals surface area contributed by atoms with Crippen LogP contribution in [0, 0.1) is 0 Å². The highest BCUT2D eigenvalue weighted by atomic mass is 15.0. The van der Waals surface area contributed by atoms with E-state index in [0.29, 0.717) is 0 Å². The molecule has 2 heterocycles. The minimum atomic E-state index is 1.05. The molecule has 6 aromatic rings. The number of hydrogen-bond donors (Lipinski definition) is 0. The number of nitrogens with zero attached hydrogens (tertiary/aromatic N) is 2. The number of hydrogen-bond acceptors (Lipinski definition) is 0. The summed E-state index contributed by atoms with van der Waals surface area (Å²) >= 11 is 0. The second-order valence-electron chi connectivity index (χ2n) is 10.4. The van der Waals surface area contributed by atoms with Crippen molar-refractivity contribution in [1.29, 1.82) is 0 Å². The van der Waals surface area contributed by atoms with Crippen molar-refractivity contribution >= 4 is 45.6 Å². The Kier molecular flexibility index (Phi) is 4.81. The van der Waals surface area contributed by atoms with Gasteiger partial charge >= 0.3 is 0 Å². The molecular formula is C36H28N2. The molecule has 0 unspecified atom stereocenters. The number of rotatable bonds is 3. The average Bonchev–Trinajstić information content (AvgIpc) is 3.50. The van der Waals surface area contributed by atoms with Gasteiger partial charge in [0.25, 0.3) is 0 Å². The number of benzene rings is 4. The van der Waals surface area contributed by atoms with E-state index in [1.165, 1.54) is 66.1 Å². The average molecular weight is 489 g/mol. The van der Waals surface area contributed by atoms with Gasteiger partial charge in [0.15, 0.2) is 0 Å². The highest BCUT2D eigenvalue weighted by Crippen LogP contribution is 2.36. The fourth-order valence-corrected chi connectivity index (χ4v) is 6.58. The molecule has 4 aromatic carbocycles. The van der Waals surface area contributed by atoms with Crippen molar-refractivity contribution in [3.8, 4) is 11.4 Å². The van der Waals surface area contributed by atoms with Gasteiger partial charge in [0.2, 0.25) is 0 Å². The van der Waals surface area contributed by atoms with Crippen molar-refractivity contribution in [1.82, 2.24) is 9.13 Å². The summed E-state index contributed by atoms with van der Waals surface area (Å²) in [5.41, 5.74) is 10.6. The molecule has 38 heavy (non-hydrogen) atoms. The zero-order chi connectivity index (χ0) is 25.1.